The summed E-state index contributed by atoms with van der Waals surface area (Å²) in [5, 5.41) is 17.3. The normalized spacial score (nSPS) is 10.2. The molecule has 0 aliphatic carbocycles. The minimum atomic E-state index is -2.92. The van der Waals surface area contributed by atoms with Gasteiger partial charge in [-0.15, -0.1) is 0 Å². The smallest absolute Gasteiger partial charge is 0.278 e. The summed E-state index contributed by atoms with van der Waals surface area (Å²) in [7, 11) is 0. The van der Waals surface area contributed by atoms with E-state index in [1.54, 1.807) is 6.07 Å². The van der Waals surface area contributed by atoms with Crippen LogP contribution in [-0.4, -0.2) is 10.1 Å². The molecule has 0 radical (unpaired) electrons. The number of nitrogens with one attached hydrogen (secondary N) is 1. The molecule has 1 rings (SSSR count). The molecule has 74 valence electrons. The molecule has 2 N–H and O–H groups in total. The van der Waals surface area contributed by atoms with Crippen molar-refractivity contribution >= 4 is 0 Å². The average Bonchev–Trinajstić information content (AvgIpc) is 2.16. The van der Waals surface area contributed by atoms with Gasteiger partial charge in [0.25, 0.3) is 6.43 Å². The molecule has 0 unspecified atom stereocenters. The number of aromatic amines is 1. The Morgan fingerprint density at radius 2 is 2.29 bits per heavy atom. The second-order valence-electron chi connectivity index (χ2n) is 2.51. The van der Waals surface area contributed by atoms with Crippen LogP contribution in [0.15, 0.2) is 10.9 Å². The zero-order valence-corrected chi connectivity index (χ0v) is 6.92. The van der Waals surface area contributed by atoms with Gasteiger partial charge in [-0.1, -0.05) is 0 Å². The molecule has 4 nitrogen and oxygen atoms in total. The predicted molar refractivity (Wildman–Crippen MR) is 42.7 cm³/mol. The van der Waals surface area contributed by atoms with Crippen molar-refractivity contribution in [1.82, 2.24) is 4.98 Å². The molecule has 0 bridgehead atoms. The van der Waals surface area contributed by atoms with Gasteiger partial charge in [0, 0.05) is 11.6 Å². The molecule has 1 aromatic rings. The van der Waals surface area contributed by atoms with Gasteiger partial charge in [0.1, 0.15) is 0 Å². The molecule has 14 heavy (non-hydrogen) atoms. The van der Waals surface area contributed by atoms with Crippen LogP contribution in [0.1, 0.15) is 23.2 Å². The number of hydrogen-bond donors (Lipinski definition) is 2. The molecule has 0 saturated carbocycles. The Morgan fingerprint density at radius 3 is 2.71 bits per heavy atom. The highest BCUT2D eigenvalue weighted by molar-refractivity contribution is 5.39. The van der Waals surface area contributed by atoms with Crippen molar-refractivity contribution in [1.29, 1.82) is 5.26 Å². The van der Waals surface area contributed by atoms with E-state index in [4.69, 9.17) is 10.4 Å². The summed E-state index contributed by atoms with van der Waals surface area (Å²) >= 11 is 0. The number of hydrogen-bond acceptors (Lipinski definition) is 3. The van der Waals surface area contributed by atoms with E-state index in [9.17, 15) is 13.6 Å². The summed E-state index contributed by atoms with van der Waals surface area (Å²) in [5.74, 6) is 0. The van der Waals surface area contributed by atoms with Gasteiger partial charge >= 0.3 is 0 Å². The van der Waals surface area contributed by atoms with Crippen molar-refractivity contribution in [3.63, 3.8) is 0 Å². The van der Waals surface area contributed by atoms with E-state index in [1.807, 2.05) is 4.98 Å². The second-order valence-corrected chi connectivity index (χ2v) is 2.51. The summed E-state index contributed by atoms with van der Waals surface area (Å²) in [4.78, 5) is 12.7. The number of nitrogens with zero attached hydrogens (tertiary/aromatic N) is 1. The van der Waals surface area contributed by atoms with Gasteiger partial charge in [-0.25, -0.2) is 8.78 Å². The van der Waals surface area contributed by atoms with E-state index in [0.717, 1.165) is 6.07 Å². The lowest BCUT2D eigenvalue weighted by atomic mass is 10.1. The van der Waals surface area contributed by atoms with Crippen LogP contribution in [0, 0.1) is 11.3 Å². The molecule has 0 aromatic carbocycles. The third kappa shape index (κ3) is 1.78. The molecule has 0 amide bonds. The molecular weight excluding hydrogens is 194 g/mol. The molecular formula is C8H6F2N2O2. The summed E-state index contributed by atoms with van der Waals surface area (Å²) < 4.78 is 24.6. The van der Waals surface area contributed by atoms with Crippen LogP contribution in [0.5, 0.6) is 0 Å². The van der Waals surface area contributed by atoms with Crippen LogP contribution in [-0.2, 0) is 6.61 Å². The topological polar surface area (TPSA) is 76.9 Å². The van der Waals surface area contributed by atoms with Gasteiger partial charge in [-0.3, -0.25) is 4.79 Å². The maximum absolute atomic E-state index is 12.3. The summed E-state index contributed by atoms with van der Waals surface area (Å²) in [5.41, 5.74) is -1.95. The first-order valence-corrected chi connectivity index (χ1v) is 3.65. The van der Waals surface area contributed by atoms with Gasteiger partial charge in [-0.2, -0.15) is 5.26 Å². The molecule has 0 aliphatic rings. The Balaban J connectivity index is 3.49. The Labute approximate surface area is 77.4 Å². The van der Waals surface area contributed by atoms with Gasteiger partial charge in [0.05, 0.1) is 23.9 Å². The largest absolute Gasteiger partial charge is 0.392 e. The van der Waals surface area contributed by atoms with Gasteiger partial charge < -0.3 is 10.1 Å². The van der Waals surface area contributed by atoms with Crippen LogP contribution >= 0.6 is 0 Å². The fraction of sp³-hybridized carbons (Fsp3) is 0.250. The summed E-state index contributed by atoms with van der Waals surface area (Å²) in [6.45, 7) is -0.709. The van der Waals surface area contributed by atoms with E-state index in [2.05, 4.69) is 0 Å². The molecule has 0 spiro atoms. The van der Waals surface area contributed by atoms with Gasteiger partial charge in [0.15, 0.2) is 0 Å². The molecule has 1 heterocycles. The van der Waals surface area contributed by atoms with Crippen molar-refractivity contribution in [3.8, 4) is 6.07 Å². The quantitative estimate of drug-likeness (QED) is 0.736. The lowest BCUT2D eigenvalue weighted by molar-refractivity contribution is 0.141. The van der Waals surface area contributed by atoms with Gasteiger partial charge in [-0.05, 0) is 0 Å². The van der Waals surface area contributed by atoms with Crippen LogP contribution in [0.25, 0.3) is 0 Å². The predicted octanol–water partition coefficient (Wildman–Crippen LogP) is 0.676. The summed E-state index contributed by atoms with van der Waals surface area (Å²) in [6, 6.07) is 2.44. The number of alkyl halides is 2. The van der Waals surface area contributed by atoms with E-state index in [1.165, 1.54) is 0 Å². The Morgan fingerprint density at radius 1 is 1.64 bits per heavy atom. The number of H-pyrrole nitrogens is 1. The summed E-state index contributed by atoms with van der Waals surface area (Å²) in [6.07, 6.45) is -2.92. The SMILES string of the molecule is N#Cc1cc(=O)[nH]c(C(F)F)c1CO. The number of halogens is 2. The highest BCUT2D eigenvalue weighted by Gasteiger charge is 2.17. The molecule has 0 aliphatic heterocycles. The Bertz CT molecular complexity index is 434. The number of rotatable bonds is 2. The number of pyridine rings is 1. The number of aromatic nitrogens is 1. The van der Waals surface area contributed by atoms with Crippen LogP contribution in [0.4, 0.5) is 8.78 Å². The molecule has 0 saturated heterocycles. The van der Waals surface area contributed by atoms with E-state index < -0.39 is 24.3 Å². The fourth-order valence-electron chi connectivity index (χ4n) is 1.06. The first-order valence-electron chi connectivity index (χ1n) is 3.65. The average molecular weight is 200 g/mol. The minimum Gasteiger partial charge on any atom is -0.392 e. The molecule has 1 aromatic heterocycles. The molecule has 6 heteroatoms. The third-order valence-electron chi connectivity index (χ3n) is 1.68. The third-order valence-corrected chi connectivity index (χ3v) is 1.68. The number of aliphatic hydroxyl groups is 1. The van der Waals surface area contributed by atoms with Crippen molar-refractivity contribution in [2.24, 2.45) is 0 Å². The standard InChI is InChI=1S/C8H6F2N2O2/c9-8(10)7-5(3-13)4(2-11)1-6(14)12-7/h1,8,13H,3H2,(H,12,14). The number of nitriles is 1. The van der Waals surface area contributed by atoms with Crippen molar-refractivity contribution in [2.75, 3.05) is 0 Å². The van der Waals surface area contributed by atoms with Crippen LogP contribution in [0.2, 0.25) is 0 Å². The number of aliphatic hydroxyl groups excluding tert-OH is 1. The zero-order chi connectivity index (χ0) is 10.7. The first-order chi connectivity index (χ1) is 6.60. The Kier molecular flexibility index (Phi) is 2.94. The highest BCUT2D eigenvalue weighted by atomic mass is 19.3. The second kappa shape index (κ2) is 3.98. The van der Waals surface area contributed by atoms with Crippen molar-refractivity contribution in [3.05, 3.63) is 33.2 Å². The minimum absolute atomic E-state index is 0.230. The van der Waals surface area contributed by atoms with Crippen molar-refractivity contribution in [2.45, 2.75) is 13.0 Å². The maximum atomic E-state index is 12.3. The molecule has 0 atom stereocenters. The van der Waals surface area contributed by atoms with E-state index in [-0.39, 0.29) is 11.1 Å². The van der Waals surface area contributed by atoms with Crippen LogP contribution in [0.3, 0.4) is 0 Å². The Hall–Kier alpha value is -1.74. The van der Waals surface area contributed by atoms with E-state index >= 15 is 0 Å². The lowest BCUT2D eigenvalue weighted by Gasteiger charge is -2.06. The molecule has 0 fully saturated rings. The van der Waals surface area contributed by atoms with Crippen molar-refractivity contribution < 1.29 is 13.9 Å². The van der Waals surface area contributed by atoms with E-state index in [0.29, 0.717) is 0 Å². The maximum Gasteiger partial charge on any atom is 0.278 e. The first kappa shape index (κ1) is 10.3. The van der Waals surface area contributed by atoms with Gasteiger partial charge in [0.2, 0.25) is 5.56 Å². The van der Waals surface area contributed by atoms with Crippen LogP contribution < -0.4 is 5.56 Å². The lowest BCUT2D eigenvalue weighted by Crippen LogP contribution is -2.13. The highest BCUT2D eigenvalue weighted by Crippen LogP contribution is 2.21. The fourth-order valence-corrected chi connectivity index (χ4v) is 1.06. The monoisotopic (exact) mass is 200 g/mol. The zero-order valence-electron chi connectivity index (χ0n) is 6.92.